The molecule has 4 aromatic rings. The van der Waals surface area contributed by atoms with E-state index in [2.05, 4.69) is 25.7 Å². The van der Waals surface area contributed by atoms with Crippen LogP contribution in [0.1, 0.15) is 12.8 Å². The molecule has 0 aliphatic carbocycles. The molecule has 0 spiro atoms. The molecular formula is C22H21FN6OS. The van der Waals surface area contributed by atoms with Crippen LogP contribution in [-0.4, -0.2) is 42.6 Å². The van der Waals surface area contributed by atoms with Crippen molar-refractivity contribution in [3.8, 4) is 5.69 Å². The number of fused-ring (bicyclic) bond motifs is 1. The molecule has 9 heteroatoms. The van der Waals surface area contributed by atoms with Crippen molar-refractivity contribution in [2.45, 2.75) is 23.1 Å². The predicted octanol–water partition coefficient (Wildman–Crippen LogP) is 3.56. The first-order chi connectivity index (χ1) is 15.2. The van der Waals surface area contributed by atoms with Crippen LogP contribution in [0.5, 0.6) is 0 Å². The van der Waals surface area contributed by atoms with Crippen LogP contribution in [0.15, 0.2) is 66.1 Å². The third-order valence-corrected chi connectivity index (χ3v) is 7.04. The summed E-state index contributed by atoms with van der Waals surface area (Å²) in [5.74, 6) is 0.0548. The highest BCUT2D eigenvalue weighted by molar-refractivity contribution is 7.92. The molecule has 0 unspecified atom stereocenters. The molecule has 0 bridgehead atoms. The number of halogens is 1. The summed E-state index contributed by atoms with van der Waals surface area (Å²) in [5.41, 5.74) is 1.61. The zero-order valence-electron chi connectivity index (χ0n) is 16.7. The number of nitrogens with one attached hydrogen (secondary N) is 2. The molecular weight excluding hydrogens is 415 g/mol. The summed E-state index contributed by atoms with van der Waals surface area (Å²) in [4.78, 5) is 8.98. The molecule has 1 fully saturated rings. The van der Waals surface area contributed by atoms with Gasteiger partial charge in [0.15, 0.2) is 0 Å². The highest BCUT2D eigenvalue weighted by Gasteiger charge is 2.27. The molecule has 1 aliphatic rings. The molecule has 1 aliphatic heterocycles. The van der Waals surface area contributed by atoms with E-state index in [0.717, 1.165) is 31.3 Å². The van der Waals surface area contributed by atoms with Gasteiger partial charge < -0.3 is 15.2 Å². The molecule has 158 valence electrons. The Bertz CT molecular complexity index is 1200. The van der Waals surface area contributed by atoms with Crippen LogP contribution in [0.25, 0.3) is 16.6 Å². The predicted molar refractivity (Wildman–Crippen MR) is 119 cm³/mol. The maximum Gasteiger partial charge on any atom is 0.245 e. The number of hydrogen-bond donors (Lipinski definition) is 2. The summed E-state index contributed by atoms with van der Waals surface area (Å²) in [6.07, 6.45) is 6.83. The van der Waals surface area contributed by atoms with Gasteiger partial charge in [0.1, 0.15) is 16.9 Å². The minimum Gasteiger partial charge on any atom is -0.610 e. The Morgan fingerprint density at radius 2 is 2.03 bits per heavy atom. The quantitative estimate of drug-likeness (QED) is 0.465. The third kappa shape index (κ3) is 4.25. The molecule has 0 saturated carbocycles. The number of piperidine rings is 1. The Morgan fingerprint density at radius 1 is 1.16 bits per heavy atom. The second kappa shape index (κ2) is 8.62. The molecule has 5 rings (SSSR count). The van der Waals surface area contributed by atoms with Crippen LogP contribution < -0.4 is 10.6 Å². The van der Waals surface area contributed by atoms with Crippen molar-refractivity contribution in [2.24, 2.45) is 0 Å². The van der Waals surface area contributed by atoms with E-state index in [-0.39, 0.29) is 5.25 Å². The van der Waals surface area contributed by atoms with Gasteiger partial charge in [-0.2, -0.15) is 5.10 Å². The molecule has 3 aromatic heterocycles. The second-order valence-electron chi connectivity index (χ2n) is 7.40. The lowest BCUT2D eigenvalue weighted by Crippen LogP contribution is -2.36. The maximum atomic E-state index is 14.6. The number of nitrogens with zero attached hydrogens (tertiary/aromatic N) is 4. The molecule has 2 N–H and O–H groups in total. The van der Waals surface area contributed by atoms with Gasteiger partial charge in [-0.05, 0) is 37.4 Å². The monoisotopic (exact) mass is 436 g/mol. The summed E-state index contributed by atoms with van der Waals surface area (Å²) in [7, 11) is 0. The van der Waals surface area contributed by atoms with Gasteiger partial charge in [0, 0.05) is 66.2 Å². The minimum atomic E-state index is -1.15. The smallest absolute Gasteiger partial charge is 0.245 e. The molecule has 7 nitrogen and oxygen atoms in total. The number of rotatable bonds is 5. The Morgan fingerprint density at radius 3 is 2.81 bits per heavy atom. The standard InChI is InChI=1S/C22H21FN6OS/c23-18-12-16(29-11-1-8-26-29)3-4-19(18)27-21-13-20-15(14-25-21)2-5-22(28-20)31(30)17-6-9-24-10-7-17/h1-5,8,11-14,17,24H,6-7,9-10H2,(H,25,27)/t31-/m1/s1. The fourth-order valence-corrected chi connectivity index (χ4v) is 5.06. The fourth-order valence-electron chi connectivity index (χ4n) is 3.67. The number of anilines is 2. The Labute approximate surface area is 181 Å². The first-order valence-electron chi connectivity index (χ1n) is 10.1. The molecule has 31 heavy (non-hydrogen) atoms. The van der Waals surface area contributed by atoms with Crippen molar-refractivity contribution >= 4 is 33.6 Å². The SMILES string of the molecule is [O-][S@@+](c1ccc2cnc(Nc3ccc(-n4cccn4)cc3F)cc2n1)C1CCNCC1. The largest absolute Gasteiger partial charge is 0.610 e. The summed E-state index contributed by atoms with van der Waals surface area (Å²) >= 11 is -1.15. The summed E-state index contributed by atoms with van der Waals surface area (Å²) in [5, 5.41) is 11.9. The van der Waals surface area contributed by atoms with Crippen LogP contribution in [0.4, 0.5) is 15.9 Å². The Kier molecular flexibility index (Phi) is 5.54. The van der Waals surface area contributed by atoms with Crippen LogP contribution in [0.2, 0.25) is 0 Å². The highest BCUT2D eigenvalue weighted by Crippen LogP contribution is 2.26. The summed E-state index contributed by atoms with van der Waals surface area (Å²) in [6.45, 7) is 1.76. The minimum absolute atomic E-state index is 0.119. The topological polar surface area (TPSA) is 90.7 Å². The van der Waals surface area contributed by atoms with Crippen molar-refractivity contribution in [1.29, 1.82) is 0 Å². The summed E-state index contributed by atoms with van der Waals surface area (Å²) < 4.78 is 29.1. The van der Waals surface area contributed by atoms with Crippen molar-refractivity contribution in [3.63, 3.8) is 0 Å². The third-order valence-electron chi connectivity index (χ3n) is 5.33. The molecule has 0 radical (unpaired) electrons. The van der Waals surface area contributed by atoms with Crippen molar-refractivity contribution in [1.82, 2.24) is 25.1 Å². The summed E-state index contributed by atoms with van der Waals surface area (Å²) in [6, 6.07) is 12.1. The van der Waals surface area contributed by atoms with Crippen molar-refractivity contribution in [2.75, 3.05) is 18.4 Å². The van der Waals surface area contributed by atoms with Gasteiger partial charge in [-0.3, -0.25) is 0 Å². The molecule has 1 aromatic carbocycles. The first kappa shape index (κ1) is 19.9. The van der Waals surface area contributed by atoms with E-state index in [9.17, 15) is 8.94 Å². The van der Waals surface area contributed by atoms with Gasteiger partial charge in [-0.25, -0.2) is 19.0 Å². The normalized spacial score (nSPS) is 15.8. The van der Waals surface area contributed by atoms with E-state index in [1.807, 2.05) is 12.1 Å². The van der Waals surface area contributed by atoms with Gasteiger partial charge in [0.05, 0.1) is 16.9 Å². The zero-order valence-corrected chi connectivity index (χ0v) is 17.5. The average Bonchev–Trinajstić information content (AvgIpc) is 3.35. The van der Waals surface area contributed by atoms with Crippen LogP contribution in [0.3, 0.4) is 0 Å². The molecule has 1 atom stereocenters. The maximum absolute atomic E-state index is 14.6. The van der Waals surface area contributed by atoms with Crippen LogP contribution >= 0.6 is 0 Å². The fraction of sp³-hybridized carbons (Fsp3) is 0.227. The van der Waals surface area contributed by atoms with Crippen LogP contribution in [0, 0.1) is 5.82 Å². The molecule has 1 saturated heterocycles. The van der Waals surface area contributed by atoms with Crippen LogP contribution in [-0.2, 0) is 11.2 Å². The number of hydrogen-bond acceptors (Lipinski definition) is 6. The zero-order chi connectivity index (χ0) is 21.2. The van der Waals surface area contributed by atoms with E-state index in [1.54, 1.807) is 47.5 Å². The van der Waals surface area contributed by atoms with E-state index in [0.29, 0.717) is 27.7 Å². The lowest BCUT2D eigenvalue weighted by atomic mass is 10.2. The van der Waals surface area contributed by atoms with Gasteiger partial charge in [0.2, 0.25) is 5.03 Å². The van der Waals surface area contributed by atoms with E-state index >= 15 is 0 Å². The lowest BCUT2D eigenvalue weighted by Gasteiger charge is -2.24. The average molecular weight is 437 g/mol. The Hall–Kier alpha value is -3.01. The van der Waals surface area contributed by atoms with E-state index in [4.69, 9.17) is 0 Å². The number of benzene rings is 1. The molecule has 4 heterocycles. The second-order valence-corrected chi connectivity index (χ2v) is 9.08. The van der Waals surface area contributed by atoms with E-state index < -0.39 is 17.0 Å². The number of aromatic nitrogens is 4. The lowest BCUT2D eigenvalue weighted by molar-refractivity contribution is 0.494. The highest BCUT2D eigenvalue weighted by atomic mass is 32.2. The van der Waals surface area contributed by atoms with Gasteiger partial charge in [-0.1, -0.05) is 0 Å². The van der Waals surface area contributed by atoms with E-state index in [1.165, 1.54) is 6.07 Å². The Balaban J connectivity index is 1.39. The van der Waals surface area contributed by atoms with Gasteiger partial charge >= 0.3 is 0 Å². The first-order valence-corrected chi connectivity index (χ1v) is 11.3. The van der Waals surface area contributed by atoms with Gasteiger partial charge in [0.25, 0.3) is 0 Å². The van der Waals surface area contributed by atoms with Crippen molar-refractivity contribution in [3.05, 3.63) is 66.9 Å². The molecule has 0 amide bonds. The van der Waals surface area contributed by atoms with Gasteiger partial charge in [-0.15, -0.1) is 0 Å². The van der Waals surface area contributed by atoms with Crippen molar-refractivity contribution < 1.29 is 8.94 Å². The number of pyridine rings is 2.